The fourth-order valence-corrected chi connectivity index (χ4v) is 3.10. The molecule has 0 saturated carbocycles. The number of nitrogens with zero attached hydrogens (tertiary/aromatic N) is 2. The number of amides is 1. The van der Waals surface area contributed by atoms with Crippen LogP contribution in [-0.4, -0.2) is 29.3 Å². The Kier molecular flexibility index (Phi) is 5.80. The van der Waals surface area contributed by atoms with E-state index in [1.807, 2.05) is 49.4 Å². The molecule has 0 radical (unpaired) electrons. The first-order chi connectivity index (χ1) is 12.7. The Morgan fingerprint density at radius 3 is 2.46 bits per heavy atom. The van der Waals surface area contributed by atoms with E-state index in [9.17, 15) is 4.79 Å². The van der Waals surface area contributed by atoms with E-state index in [1.54, 1.807) is 19.2 Å². The van der Waals surface area contributed by atoms with Crippen LogP contribution in [0.2, 0.25) is 0 Å². The molecule has 0 aliphatic rings. The molecule has 0 bridgehead atoms. The van der Waals surface area contributed by atoms with Crippen molar-refractivity contribution in [3.63, 3.8) is 0 Å². The van der Waals surface area contributed by atoms with Crippen LogP contribution in [0.3, 0.4) is 0 Å². The van der Waals surface area contributed by atoms with E-state index in [-0.39, 0.29) is 5.91 Å². The summed E-state index contributed by atoms with van der Waals surface area (Å²) in [7, 11) is 1.57. The first-order valence-corrected chi connectivity index (χ1v) is 9.02. The third-order valence-corrected chi connectivity index (χ3v) is 4.57. The van der Waals surface area contributed by atoms with Gasteiger partial charge in [-0.15, -0.1) is 10.2 Å². The molecule has 3 aromatic rings. The lowest BCUT2D eigenvalue weighted by Crippen LogP contribution is -2.32. The maximum Gasteiger partial charge on any atom is 0.267 e. The van der Waals surface area contributed by atoms with Gasteiger partial charge in [-0.05, 0) is 18.6 Å². The van der Waals surface area contributed by atoms with Crippen molar-refractivity contribution in [1.82, 2.24) is 10.2 Å². The zero-order chi connectivity index (χ0) is 18.4. The second-order valence-corrected chi connectivity index (χ2v) is 6.41. The average molecular weight is 369 g/mol. The molecule has 1 N–H and O–H groups in total. The van der Waals surface area contributed by atoms with Gasteiger partial charge in [0.15, 0.2) is 17.6 Å². The molecule has 0 unspecified atom stereocenters. The van der Waals surface area contributed by atoms with Gasteiger partial charge in [-0.1, -0.05) is 60.7 Å². The highest BCUT2D eigenvalue weighted by molar-refractivity contribution is 7.18. The molecular weight excluding hydrogens is 350 g/mol. The second-order valence-electron chi connectivity index (χ2n) is 5.43. The van der Waals surface area contributed by atoms with Crippen LogP contribution in [0.4, 0.5) is 5.13 Å². The van der Waals surface area contributed by atoms with Crippen LogP contribution in [0.15, 0.2) is 54.6 Å². The quantitative estimate of drug-likeness (QED) is 0.681. The van der Waals surface area contributed by atoms with E-state index in [0.29, 0.717) is 23.1 Å². The normalized spacial score (nSPS) is 11.6. The SMILES string of the molecule is CC[C@@H](Oc1ccccc1OC)C(=O)Nc1nnc(-c2ccccc2)s1. The molecule has 0 fully saturated rings. The Bertz CT molecular complexity index is 867. The molecule has 3 rings (SSSR count). The highest BCUT2D eigenvalue weighted by Gasteiger charge is 2.21. The highest BCUT2D eigenvalue weighted by atomic mass is 32.1. The molecule has 0 spiro atoms. The summed E-state index contributed by atoms with van der Waals surface area (Å²) in [5.41, 5.74) is 0.961. The van der Waals surface area contributed by atoms with Crippen LogP contribution in [0.1, 0.15) is 13.3 Å². The first kappa shape index (κ1) is 17.9. The van der Waals surface area contributed by atoms with Gasteiger partial charge in [-0.2, -0.15) is 0 Å². The fraction of sp³-hybridized carbons (Fsp3) is 0.211. The molecule has 1 aromatic heterocycles. The Morgan fingerprint density at radius 2 is 1.77 bits per heavy atom. The van der Waals surface area contributed by atoms with Crippen LogP contribution in [-0.2, 0) is 4.79 Å². The summed E-state index contributed by atoms with van der Waals surface area (Å²) >= 11 is 1.32. The lowest BCUT2D eigenvalue weighted by Gasteiger charge is -2.18. The summed E-state index contributed by atoms with van der Waals surface area (Å²) < 4.78 is 11.1. The summed E-state index contributed by atoms with van der Waals surface area (Å²) in [6.45, 7) is 1.88. The Balaban J connectivity index is 1.69. The average Bonchev–Trinajstić information content (AvgIpc) is 3.15. The number of carbonyl (C=O) groups excluding carboxylic acids is 1. The van der Waals surface area contributed by atoms with E-state index < -0.39 is 6.10 Å². The molecule has 1 atom stereocenters. The molecular formula is C19H19N3O3S. The van der Waals surface area contributed by atoms with Crippen LogP contribution in [0.5, 0.6) is 11.5 Å². The number of carbonyl (C=O) groups is 1. The monoisotopic (exact) mass is 369 g/mol. The third kappa shape index (κ3) is 4.18. The lowest BCUT2D eigenvalue weighted by molar-refractivity contribution is -0.122. The molecule has 0 aliphatic carbocycles. The van der Waals surface area contributed by atoms with Crippen LogP contribution < -0.4 is 14.8 Å². The summed E-state index contributed by atoms with van der Waals surface area (Å²) in [4.78, 5) is 12.6. The number of aromatic nitrogens is 2. The van der Waals surface area contributed by atoms with Crippen LogP contribution in [0, 0.1) is 0 Å². The molecule has 134 valence electrons. The maximum atomic E-state index is 12.6. The number of ether oxygens (including phenoxy) is 2. The maximum absolute atomic E-state index is 12.6. The van der Waals surface area contributed by atoms with Gasteiger partial charge >= 0.3 is 0 Å². The van der Waals surface area contributed by atoms with Gasteiger partial charge < -0.3 is 9.47 Å². The van der Waals surface area contributed by atoms with Crippen molar-refractivity contribution in [1.29, 1.82) is 0 Å². The fourth-order valence-electron chi connectivity index (χ4n) is 2.35. The number of para-hydroxylation sites is 2. The minimum absolute atomic E-state index is 0.269. The first-order valence-electron chi connectivity index (χ1n) is 8.20. The van der Waals surface area contributed by atoms with E-state index in [1.165, 1.54) is 11.3 Å². The van der Waals surface area contributed by atoms with Crippen molar-refractivity contribution >= 4 is 22.4 Å². The van der Waals surface area contributed by atoms with Crippen molar-refractivity contribution in [3.8, 4) is 22.1 Å². The predicted molar refractivity (Wildman–Crippen MR) is 102 cm³/mol. The van der Waals surface area contributed by atoms with Gasteiger partial charge in [0.2, 0.25) is 5.13 Å². The lowest BCUT2D eigenvalue weighted by atomic mass is 10.2. The van der Waals surface area contributed by atoms with Gasteiger partial charge in [0.1, 0.15) is 5.01 Å². The summed E-state index contributed by atoms with van der Waals surface area (Å²) in [5.74, 6) is 0.842. The number of methoxy groups -OCH3 is 1. The Hall–Kier alpha value is -2.93. The molecule has 26 heavy (non-hydrogen) atoms. The Labute approximate surface area is 155 Å². The van der Waals surface area contributed by atoms with E-state index in [2.05, 4.69) is 15.5 Å². The summed E-state index contributed by atoms with van der Waals surface area (Å²) in [5, 5.41) is 12.1. The molecule has 1 amide bonds. The zero-order valence-electron chi connectivity index (χ0n) is 14.5. The van der Waals surface area contributed by atoms with Crippen molar-refractivity contribution in [2.45, 2.75) is 19.4 Å². The van der Waals surface area contributed by atoms with Gasteiger partial charge in [0.25, 0.3) is 5.91 Å². The predicted octanol–water partition coefficient (Wildman–Crippen LogP) is 4.01. The molecule has 2 aromatic carbocycles. The van der Waals surface area contributed by atoms with E-state index in [0.717, 1.165) is 10.6 Å². The van der Waals surface area contributed by atoms with Crippen molar-refractivity contribution < 1.29 is 14.3 Å². The number of benzene rings is 2. The van der Waals surface area contributed by atoms with Crippen molar-refractivity contribution in [2.75, 3.05) is 12.4 Å². The topological polar surface area (TPSA) is 73.3 Å². The molecule has 0 saturated heterocycles. The molecule has 1 heterocycles. The smallest absolute Gasteiger partial charge is 0.267 e. The van der Waals surface area contributed by atoms with Gasteiger partial charge in [-0.25, -0.2) is 0 Å². The third-order valence-electron chi connectivity index (χ3n) is 3.68. The van der Waals surface area contributed by atoms with Gasteiger partial charge in [0, 0.05) is 5.56 Å². The largest absolute Gasteiger partial charge is 0.493 e. The van der Waals surface area contributed by atoms with Crippen molar-refractivity contribution in [3.05, 3.63) is 54.6 Å². The van der Waals surface area contributed by atoms with Crippen LogP contribution >= 0.6 is 11.3 Å². The minimum Gasteiger partial charge on any atom is -0.493 e. The second kappa shape index (κ2) is 8.44. The van der Waals surface area contributed by atoms with Crippen LogP contribution in [0.25, 0.3) is 10.6 Å². The number of rotatable bonds is 7. The van der Waals surface area contributed by atoms with Crippen molar-refractivity contribution in [2.24, 2.45) is 0 Å². The number of anilines is 1. The number of hydrogen-bond donors (Lipinski definition) is 1. The van der Waals surface area contributed by atoms with Gasteiger partial charge in [-0.3, -0.25) is 10.1 Å². The zero-order valence-corrected chi connectivity index (χ0v) is 15.3. The summed E-state index contributed by atoms with van der Waals surface area (Å²) in [6, 6.07) is 16.9. The van der Waals surface area contributed by atoms with E-state index >= 15 is 0 Å². The number of nitrogens with one attached hydrogen (secondary N) is 1. The van der Waals surface area contributed by atoms with E-state index in [4.69, 9.17) is 9.47 Å². The highest BCUT2D eigenvalue weighted by Crippen LogP contribution is 2.29. The molecule has 6 nitrogen and oxygen atoms in total. The molecule has 0 aliphatic heterocycles. The summed E-state index contributed by atoms with van der Waals surface area (Å²) in [6.07, 6.45) is -0.149. The Morgan fingerprint density at radius 1 is 1.08 bits per heavy atom. The number of hydrogen-bond acceptors (Lipinski definition) is 6. The molecule has 7 heteroatoms. The standard InChI is InChI=1S/C19H19N3O3S/c1-3-14(25-16-12-8-7-11-15(16)24-2)17(23)20-19-22-21-18(26-19)13-9-5-4-6-10-13/h4-12,14H,3H2,1-2H3,(H,20,22,23)/t14-/m1/s1. The minimum atomic E-state index is -0.657. The van der Waals surface area contributed by atoms with Gasteiger partial charge in [0.05, 0.1) is 7.11 Å².